The van der Waals surface area contributed by atoms with E-state index in [9.17, 15) is 4.79 Å². The van der Waals surface area contributed by atoms with E-state index in [2.05, 4.69) is 19.9 Å². The number of rotatable bonds is 6. The molecule has 0 saturated heterocycles. The third-order valence-corrected chi connectivity index (χ3v) is 2.85. The number of carbonyl (C=O) groups is 1. The fourth-order valence-corrected chi connectivity index (χ4v) is 1.73. The van der Waals surface area contributed by atoms with E-state index in [4.69, 9.17) is 10.00 Å². The molecule has 3 heteroatoms. The highest BCUT2D eigenvalue weighted by Gasteiger charge is 2.20. The van der Waals surface area contributed by atoms with Crippen LogP contribution in [0.5, 0.6) is 5.75 Å². The number of Topliss-reactive ketones (excluding diaryl/α,β-unsaturated/α-hetero) is 1. The summed E-state index contributed by atoms with van der Waals surface area (Å²) < 4.78 is 5.11. The van der Waals surface area contributed by atoms with Crippen LogP contribution in [0.4, 0.5) is 0 Å². The van der Waals surface area contributed by atoms with E-state index < -0.39 is 5.92 Å². The summed E-state index contributed by atoms with van der Waals surface area (Å²) in [7, 11) is 1.57. The minimum atomic E-state index is -0.682. The molecular formula is C15H19NO2. The summed E-state index contributed by atoms with van der Waals surface area (Å²) in [6, 6.07) is 9.24. The van der Waals surface area contributed by atoms with E-state index in [-0.39, 0.29) is 5.78 Å². The highest BCUT2D eigenvalue weighted by molar-refractivity contribution is 5.88. The minimum Gasteiger partial charge on any atom is -0.497 e. The molecule has 1 aromatic carbocycles. The Morgan fingerprint density at radius 2 is 2.17 bits per heavy atom. The first-order valence-corrected chi connectivity index (χ1v) is 6.14. The molecule has 1 atom stereocenters. The van der Waals surface area contributed by atoms with Crippen molar-refractivity contribution in [3.8, 4) is 11.8 Å². The summed E-state index contributed by atoms with van der Waals surface area (Å²) in [6.45, 7) is 4.14. The van der Waals surface area contributed by atoms with E-state index in [1.54, 1.807) is 31.4 Å². The molecule has 1 aromatic rings. The quantitative estimate of drug-likeness (QED) is 0.772. The Hall–Kier alpha value is -1.82. The van der Waals surface area contributed by atoms with Crippen LogP contribution in [-0.4, -0.2) is 12.9 Å². The summed E-state index contributed by atoms with van der Waals surface area (Å²) in [6.07, 6.45) is 1.27. The van der Waals surface area contributed by atoms with Gasteiger partial charge in [0.2, 0.25) is 0 Å². The Labute approximate surface area is 108 Å². The van der Waals surface area contributed by atoms with E-state index in [0.717, 1.165) is 6.42 Å². The zero-order valence-electron chi connectivity index (χ0n) is 11.1. The molecular weight excluding hydrogens is 226 g/mol. The monoisotopic (exact) mass is 245 g/mol. The SMILES string of the molecule is COc1cccc(C(C#N)C(=O)CCC(C)C)c1. The number of ether oxygens (including phenoxy) is 1. The highest BCUT2D eigenvalue weighted by atomic mass is 16.5. The van der Waals surface area contributed by atoms with Crippen LogP contribution in [0.2, 0.25) is 0 Å². The molecule has 0 bridgehead atoms. The van der Waals surface area contributed by atoms with Gasteiger partial charge in [0.25, 0.3) is 0 Å². The molecule has 0 aromatic heterocycles. The maximum Gasteiger partial charge on any atom is 0.154 e. The van der Waals surface area contributed by atoms with Crippen molar-refractivity contribution >= 4 is 5.78 Å². The molecule has 0 saturated carbocycles. The zero-order valence-corrected chi connectivity index (χ0v) is 11.1. The third kappa shape index (κ3) is 3.89. The molecule has 0 aliphatic rings. The van der Waals surface area contributed by atoms with Gasteiger partial charge in [-0.3, -0.25) is 4.79 Å². The summed E-state index contributed by atoms with van der Waals surface area (Å²) >= 11 is 0. The Morgan fingerprint density at radius 1 is 1.44 bits per heavy atom. The number of nitriles is 1. The van der Waals surface area contributed by atoms with Crippen molar-refractivity contribution in [2.45, 2.75) is 32.6 Å². The molecule has 0 N–H and O–H groups in total. The van der Waals surface area contributed by atoms with Crippen molar-refractivity contribution in [1.82, 2.24) is 0 Å². The number of hydrogen-bond acceptors (Lipinski definition) is 3. The Morgan fingerprint density at radius 3 is 2.72 bits per heavy atom. The molecule has 1 unspecified atom stereocenters. The van der Waals surface area contributed by atoms with Crippen molar-refractivity contribution < 1.29 is 9.53 Å². The van der Waals surface area contributed by atoms with E-state index >= 15 is 0 Å². The van der Waals surface area contributed by atoms with Gasteiger partial charge >= 0.3 is 0 Å². The van der Waals surface area contributed by atoms with Crippen LogP contribution >= 0.6 is 0 Å². The van der Waals surface area contributed by atoms with Gasteiger partial charge in [-0.05, 0) is 30.0 Å². The predicted octanol–water partition coefficient (Wildman–Crippen LogP) is 3.31. The molecule has 0 amide bonds. The van der Waals surface area contributed by atoms with Gasteiger partial charge in [0, 0.05) is 6.42 Å². The van der Waals surface area contributed by atoms with Gasteiger partial charge in [0.15, 0.2) is 5.78 Å². The smallest absolute Gasteiger partial charge is 0.154 e. The van der Waals surface area contributed by atoms with E-state index in [1.807, 2.05) is 0 Å². The molecule has 3 nitrogen and oxygen atoms in total. The fraction of sp³-hybridized carbons (Fsp3) is 0.467. The second-order valence-corrected chi connectivity index (χ2v) is 4.74. The molecule has 96 valence electrons. The number of nitrogens with zero attached hydrogens (tertiary/aromatic N) is 1. The number of benzene rings is 1. The highest BCUT2D eigenvalue weighted by Crippen LogP contribution is 2.23. The lowest BCUT2D eigenvalue weighted by molar-refractivity contribution is -0.119. The molecule has 1 rings (SSSR count). The van der Waals surface area contributed by atoms with Crippen LogP contribution in [-0.2, 0) is 4.79 Å². The summed E-state index contributed by atoms with van der Waals surface area (Å²) in [5.74, 6) is 0.446. The molecule has 0 heterocycles. The summed E-state index contributed by atoms with van der Waals surface area (Å²) in [5, 5.41) is 9.17. The van der Waals surface area contributed by atoms with Gasteiger partial charge in [-0.2, -0.15) is 5.26 Å². The average molecular weight is 245 g/mol. The molecule has 0 radical (unpaired) electrons. The lowest BCUT2D eigenvalue weighted by atomic mass is 9.92. The minimum absolute atomic E-state index is 0.0144. The van der Waals surface area contributed by atoms with Crippen molar-refractivity contribution in [2.75, 3.05) is 7.11 Å². The van der Waals surface area contributed by atoms with Crippen molar-refractivity contribution in [2.24, 2.45) is 5.92 Å². The maximum absolute atomic E-state index is 12.0. The Kier molecular flexibility index (Phi) is 5.38. The lowest BCUT2D eigenvalue weighted by Gasteiger charge is -2.10. The zero-order chi connectivity index (χ0) is 13.5. The van der Waals surface area contributed by atoms with Crippen LogP contribution in [0, 0.1) is 17.2 Å². The van der Waals surface area contributed by atoms with Crippen molar-refractivity contribution in [3.05, 3.63) is 29.8 Å². The first-order valence-electron chi connectivity index (χ1n) is 6.14. The summed E-state index contributed by atoms with van der Waals surface area (Å²) in [5.41, 5.74) is 0.714. The lowest BCUT2D eigenvalue weighted by Crippen LogP contribution is -2.11. The van der Waals surface area contributed by atoms with Crippen LogP contribution in [0.15, 0.2) is 24.3 Å². The number of ketones is 1. The van der Waals surface area contributed by atoms with Crippen LogP contribution in [0.1, 0.15) is 38.2 Å². The van der Waals surface area contributed by atoms with Gasteiger partial charge in [-0.25, -0.2) is 0 Å². The van der Waals surface area contributed by atoms with Crippen molar-refractivity contribution in [3.63, 3.8) is 0 Å². The van der Waals surface area contributed by atoms with Crippen LogP contribution < -0.4 is 4.74 Å². The normalized spacial score (nSPS) is 11.9. The molecule has 0 spiro atoms. The Bertz CT molecular complexity index is 446. The topological polar surface area (TPSA) is 50.1 Å². The second kappa shape index (κ2) is 6.80. The molecule has 0 aliphatic heterocycles. The fourth-order valence-electron chi connectivity index (χ4n) is 1.73. The average Bonchev–Trinajstić information content (AvgIpc) is 2.37. The maximum atomic E-state index is 12.0. The first kappa shape index (κ1) is 14.2. The Balaban J connectivity index is 2.82. The van der Waals surface area contributed by atoms with Gasteiger partial charge in [-0.1, -0.05) is 26.0 Å². The standard InChI is InChI=1S/C15H19NO2/c1-11(2)7-8-15(17)14(10-16)12-5-4-6-13(9-12)18-3/h4-6,9,11,14H,7-8H2,1-3H3. The van der Waals surface area contributed by atoms with Gasteiger partial charge in [-0.15, -0.1) is 0 Å². The first-order chi connectivity index (χ1) is 8.58. The number of hydrogen-bond donors (Lipinski definition) is 0. The van der Waals surface area contributed by atoms with Gasteiger partial charge < -0.3 is 4.74 Å². The van der Waals surface area contributed by atoms with Gasteiger partial charge in [0.05, 0.1) is 13.2 Å². The second-order valence-electron chi connectivity index (χ2n) is 4.74. The van der Waals surface area contributed by atoms with E-state index in [1.165, 1.54) is 0 Å². The number of methoxy groups -OCH3 is 1. The van der Waals surface area contributed by atoms with Gasteiger partial charge in [0.1, 0.15) is 11.7 Å². The van der Waals surface area contributed by atoms with E-state index in [0.29, 0.717) is 23.7 Å². The molecule has 0 aliphatic carbocycles. The molecule has 0 fully saturated rings. The van der Waals surface area contributed by atoms with Crippen molar-refractivity contribution in [1.29, 1.82) is 5.26 Å². The third-order valence-electron chi connectivity index (χ3n) is 2.85. The summed E-state index contributed by atoms with van der Waals surface area (Å²) in [4.78, 5) is 12.0. The molecule has 18 heavy (non-hydrogen) atoms. The van der Waals surface area contributed by atoms with Crippen LogP contribution in [0.25, 0.3) is 0 Å². The number of carbonyl (C=O) groups excluding carboxylic acids is 1. The largest absolute Gasteiger partial charge is 0.497 e. The van der Waals surface area contributed by atoms with Crippen LogP contribution in [0.3, 0.4) is 0 Å². The predicted molar refractivity (Wildman–Crippen MR) is 70.4 cm³/mol.